The zero-order valence-electron chi connectivity index (χ0n) is 9.50. The van der Waals surface area contributed by atoms with Crippen LogP contribution in [-0.4, -0.2) is 34.8 Å². The lowest BCUT2D eigenvalue weighted by Crippen LogP contribution is -2.30. The summed E-state index contributed by atoms with van der Waals surface area (Å²) in [6.07, 6.45) is 0. The highest BCUT2D eigenvalue weighted by Gasteiger charge is 2.36. The van der Waals surface area contributed by atoms with Crippen LogP contribution in [0, 0.1) is 0 Å². The van der Waals surface area contributed by atoms with Crippen LogP contribution in [-0.2, 0) is 16.2 Å². The normalized spacial score (nSPS) is 18.7. The van der Waals surface area contributed by atoms with E-state index in [0.29, 0.717) is 0 Å². The van der Waals surface area contributed by atoms with Crippen molar-refractivity contribution >= 4 is 12.0 Å². The van der Waals surface area contributed by atoms with Crippen LogP contribution >= 0.6 is 0 Å². The van der Waals surface area contributed by atoms with Gasteiger partial charge in [0.05, 0.1) is 6.61 Å². The Hall–Kier alpha value is -2.14. The first kappa shape index (κ1) is 12.3. The van der Waals surface area contributed by atoms with Gasteiger partial charge in [-0.25, -0.2) is 9.59 Å². The van der Waals surface area contributed by atoms with Gasteiger partial charge in [0, 0.05) is 0 Å². The predicted molar refractivity (Wildman–Crippen MR) is 61.7 cm³/mol. The number of hydrogen-bond acceptors (Lipinski definition) is 4. The van der Waals surface area contributed by atoms with E-state index in [2.05, 4.69) is 5.32 Å². The fourth-order valence-corrected chi connectivity index (χ4v) is 1.61. The summed E-state index contributed by atoms with van der Waals surface area (Å²) in [7, 11) is 0. The van der Waals surface area contributed by atoms with E-state index in [9.17, 15) is 9.59 Å². The van der Waals surface area contributed by atoms with Gasteiger partial charge >= 0.3 is 6.03 Å². The molecule has 0 aromatic heterocycles. The molecule has 0 aliphatic carbocycles. The molecule has 18 heavy (non-hydrogen) atoms. The molecular formula is C12H12N2O4. The van der Waals surface area contributed by atoms with E-state index in [1.54, 1.807) is 5.94 Å². The van der Waals surface area contributed by atoms with Gasteiger partial charge in [0.25, 0.3) is 0 Å². The molecule has 0 radical (unpaired) electrons. The molecule has 0 bridgehead atoms. The molecule has 1 saturated heterocycles. The Labute approximate surface area is 103 Å². The number of carbonyl (C=O) groups excluding carboxylic acids is 2. The summed E-state index contributed by atoms with van der Waals surface area (Å²) in [6.45, 7) is -0.223. The van der Waals surface area contributed by atoms with Gasteiger partial charge in [-0.3, -0.25) is 4.84 Å². The highest BCUT2D eigenvalue weighted by atomic mass is 16.7. The Morgan fingerprint density at radius 1 is 1.39 bits per heavy atom. The number of hydroxylamine groups is 2. The second-order valence-electron chi connectivity index (χ2n) is 3.73. The number of hydrogen-bond donors (Lipinski definition) is 2. The molecule has 0 spiro atoms. The molecule has 1 fully saturated rings. The van der Waals surface area contributed by atoms with Crippen LogP contribution in [0.2, 0.25) is 0 Å². The number of aliphatic hydroxyl groups excluding tert-OH is 1. The van der Waals surface area contributed by atoms with Crippen LogP contribution in [0.4, 0.5) is 4.79 Å². The van der Waals surface area contributed by atoms with Crippen molar-refractivity contribution in [3.63, 3.8) is 0 Å². The average molecular weight is 248 g/mol. The van der Waals surface area contributed by atoms with Crippen molar-refractivity contribution in [2.75, 3.05) is 6.61 Å². The van der Waals surface area contributed by atoms with Crippen LogP contribution in [0.15, 0.2) is 36.0 Å². The van der Waals surface area contributed by atoms with Gasteiger partial charge in [-0.15, -0.1) is 0 Å². The summed E-state index contributed by atoms with van der Waals surface area (Å²) in [6, 6.07) is 7.88. The molecule has 1 aromatic carbocycles. The Morgan fingerprint density at radius 2 is 2.11 bits per heavy atom. The fraction of sp³-hybridized carbons (Fsp3) is 0.250. The van der Waals surface area contributed by atoms with Gasteiger partial charge in [-0.1, -0.05) is 30.3 Å². The lowest BCUT2D eigenvalue weighted by molar-refractivity contribution is -0.0939. The maximum absolute atomic E-state index is 11.5. The van der Waals surface area contributed by atoms with E-state index in [-0.39, 0.29) is 18.9 Å². The molecule has 1 aromatic rings. The Balaban J connectivity index is 2.05. The highest BCUT2D eigenvalue weighted by molar-refractivity contribution is 5.83. The van der Waals surface area contributed by atoms with Gasteiger partial charge in [0.2, 0.25) is 0 Å². The van der Waals surface area contributed by atoms with Crippen LogP contribution < -0.4 is 5.32 Å². The lowest BCUT2D eigenvalue weighted by atomic mass is 10.2. The predicted octanol–water partition coefficient (Wildman–Crippen LogP) is 0.220. The number of rotatable bonds is 4. The molecule has 1 atom stereocenters. The van der Waals surface area contributed by atoms with Crippen LogP contribution in [0.25, 0.3) is 0 Å². The first-order valence-electron chi connectivity index (χ1n) is 5.39. The van der Waals surface area contributed by atoms with Crippen LogP contribution in [0.1, 0.15) is 5.56 Å². The SMILES string of the molecule is O=C=C1C(CO)NC(=O)N1OCc1ccccc1. The van der Waals surface area contributed by atoms with Crippen molar-refractivity contribution in [1.82, 2.24) is 10.4 Å². The summed E-state index contributed by atoms with van der Waals surface area (Å²) < 4.78 is 0. The molecule has 94 valence electrons. The minimum absolute atomic E-state index is 0.0431. The third kappa shape index (κ3) is 2.41. The van der Waals surface area contributed by atoms with E-state index in [1.165, 1.54) is 0 Å². The van der Waals surface area contributed by atoms with E-state index in [1.807, 2.05) is 30.3 Å². The standard InChI is InChI=1S/C12H12N2O4/c15-6-10-11(7-16)14(12(17)13-10)18-8-9-4-2-1-3-5-9/h1-5,10,15H,6,8H2,(H,13,17). The number of nitrogens with one attached hydrogen (secondary N) is 1. The van der Waals surface area contributed by atoms with Crippen LogP contribution in [0.3, 0.4) is 0 Å². The zero-order chi connectivity index (χ0) is 13.0. The van der Waals surface area contributed by atoms with Gasteiger partial charge < -0.3 is 10.4 Å². The van der Waals surface area contributed by atoms with Crippen molar-refractivity contribution in [3.05, 3.63) is 41.6 Å². The molecular weight excluding hydrogens is 236 g/mol. The number of carbonyl (C=O) groups is 1. The Morgan fingerprint density at radius 3 is 2.72 bits per heavy atom. The second-order valence-corrected chi connectivity index (χ2v) is 3.73. The maximum atomic E-state index is 11.5. The largest absolute Gasteiger partial charge is 0.394 e. The van der Waals surface area contributed by atoms with Gasteiger partial charge in [0.15, 0.2) is 11.6 Å². The molecule has 6 heteroatoms. The summed E-state index contributed by atoms with van der Waals surface area (Å²) in [4.78, 5) is 27.5. The second kappa shape index (κ2) is 5.46. The monoisotopic (exact) mass is 248 g/mol. The molecule has 6 nitrogen and oxygen atoms in total. The molecule has 1 aliphatic rings. The van der Waals surface area contributed by atoms with Crippen molar-refractivity contribution in [3.8, 4) is 0 Å². The van der Waals surface area contributed by atoms with Crippen molar-refractivity contribution in [2.24, 2.45) is 0 Å². The first-order valence-corrected chi connectivity index (χ1v) is 5.39. The van der Waals surface area contributed by atoms with Gasteiger partial charge in [-0.2, -0.15) is 5.06 Å². The summed E-state index contributed by atoms with van der Waals surface area (Å²) in [5.74, 6) is 1.61. The topological polar surface area (TPSA) is 78.9 Å². The molecule has 1 unspecified atom stereocenters. The number of benzene rings is 1. The first-order chi connectivity index (χ1) is 8.76. The third-order valence-electron chi connectivity index (χ3n) is 2.52. The smallest absolute Gasteiger partial charge is 0.347 e. The molecule has 1 heterocycles. The number of aliphatic hydroxyl groups is 1. The van der Waals surface area contributed by atoms with Gasteiger partial charge in [0.1, 0.15) is 12.6 Å². The van der Waals surface area contributed by atoms with Gasteiger partial charge in [-0.05, 0) is 5.56 Å². The molecule has 2 N–H and O–H groups in total. The molecule has 0 saturated carbocycles. The summed E-state index contributed by atoms with van der Waals surface area (Å²) in [5, 5.41) is 12.2. The van der Waals surface area contributed by atoms with Crippen molar-refractivity contribution < 1.29 is 19.5 Å². The quantitative estimate of drug-likeness (QED) is 0.747. The number of nitrogens with zero attached hydrogens (tertiary/aromatic N) is 1. The van der Waals surface area contributed by atoms with E-state index in [0.717, 1.165) is 10.6 Å². The minimum atomic E-state index is -0.759. The minimum Gasteiger partial charge on any atom is -0.394 e. The van der Waals surface area contributed by atoms with Crippen LogP contribution in [0.5, 0.6) is 0 Å². The summed E-state index contributed by atoms with van der Waals surface area (Å²) in [5.41, 5.74) is 0.821. The zero-order valence-corrected chi connectivity index (χ0v) is 9.50. The Kier molecular flexibility index (Phi) is 3.74. The van der Waals surface area contributed by atoms with Crippen molar-refractivity contribution in [1.29, 1.82) is 0 Å². The average Bonchev–Trinajstić information content (AvgIpc) is 2.73. The third-order valence-corrected chi connectivity index (χ3v) is 2.52. The molecule has 2 rings (SSSR count). The fourth-order valence-electron chi connectivity index (χ4n) is 1.61. The molecule has 2 amide bonds. The number of amides is 2. The maximum Gasteiger partial charge on any atom is 0.347 e. The Bertz CT molecular complexity index is 482. The van der Waals surface area contributed by atoms with E-state index >= 15 is 0 Å². The van der Waals surface area contributed by atoms with Crippen molar-refractivity contribution in [2.45, 2.75) is 12.6 Å². The summed E-state index contributed by atoms with van der Waals surface area (Å²) >= 11 is 0. The van der Waals surface area contributed by atoms with E-state index < -0.39 is 12.1 Å². The van der Waals surface area contributed by atoms with E-state index in [4.69, 9.17) is 9.94 Å². The molecule has 1 aliphatic heterocycles. The highest BCUT2D eigenvalue weighted by Crippen LogP contribution is 2.16. The number of urea groups is 1. The lowest BCUT2D eigenvalue weighted by Gasteiger charge is -2.14.